The molecule has 0 bridgehead atoms. The van der Waals surface area contributed by atoms with E-state index < -0.39 is 5.41 Å². The van der Waals surface area contributed by atoms with Gasteiger partial charge in [0, 0.05) is 0 Å². The quantitative estimate of drug-likeness (QED) is 0.286. The predicted molar refractivity (Wildman–Crippen MR) is 141 cm³/mol. The molecule has 0 spiro atoms. The van der Waals surface area contributed by atoms with Crippen LogP contribution in [0.15, 0.2) is 84.9 Å². The number of benzene rings is 4. The second-order valence-corrected chi connectivity index (χ2v) is 9.64. The van der Waals surface area contributed by atoms with E-state index in [-0.39, 0.29) is 19.3 Å². The molecule has 4 aromatic carbocycles. The number of aryl methyl sites for hydroxylation is 2. The summed E-state index contributed by atoms with van der Waals surface area (Å²) in [7, 11) is 0. The summed E-state index contributed by atoms with van der Waals surface area (Å²) in [5.74, 6) is 1.69. The normalized spacial score (nSPS) is 16.8. The fraction of sp³-hybridized carbons (Fsp3) is 0.250. The van der Waals surface area contributed by atoms with Gasteiger partial charge in [-0.1, -0.05) is 72.8 Å². The van der Waals surface area contributed by atoms with Gasteiger partial charge in [0.05, 0.1) is 18.6 Å². The molecule has 0 saturated carbocycles. The lowest BCUT2D eigenvalue weighted by Gasteiger charge is -2.34. The lowest BCUT2D eigenvalue weighted by atomic mass is 9.67. The van der Waals surface area contributed by atoms with E-state index >= 15 is 0 Å². The van der Waals surface area contributed by atoms with Gasteiger partial charge in [0.1, 0.15) is 30.8 Å². The molecule has 0 radical (unpaired) electrons. The standard InChI is InChI=1S/C32H30O4/c1-21-17-24(18-22(2)31(21)36-20-26-19-35-26)32(23-11-13-25(14-12-23)34-16-15-33)29-9-5-3-7-27(29)28-8-4-6-10-30(28)32/h3-14,17-18,26,33H,15-16,19-20H2,1-2H3. The Morgan fingerprint density at radius 1 is 0.806 bits per heavy atom. The molecule has 6 rings (SSSR count). The molecule has 1 aliphatic carbocycles. The molecule has 182 valence electrons. The van der Waals surface area contributed by atoms with Crippen LogP contribution in [-0.2, 0) is 10.2 Å². The van der Waals surface area contributed by atoms with Crippen molar-refractivity contribution in [1.82, 2.24) is 0 Å². The van der Waals surface area contributed by atoms with Crippen LogP contribution in [0, 0.1) is 13.8 Å². The third kappa shape index (κ3) is 3.69. The molecular weight excluding hydrogens is 448 g/mol. The molecule has 4 aromatic rings. The molecule has 1 heterocycles. The van der Waals surface area contributed by atoms with Crippen molar-refractivity contribution in [1.29, 1.82) is 0 Å². The van der Waals surface area contributed by atoms with E-state index in [0.29, 0.717) is 6.61 Å². The van der Waals surface area contributed by atoms with E-state index in [0.717, 1.165) is 29.2 Å². The maximum Gasteiger partial charge on any atom is 0.125 e. The Labute approximate surface area is 212 Å². The summed E-state index contributed by atoms with van der Waals surface area (Å²) >= 11 is 0. The monoisotopic (exact) mass is 478 g/mol. The van der Waals surface area contributed by atoms with Gasteiger partial charge in [-0.15, -0.1) is 0 Å². The minimum Gasteiger partial charge on any atom is -0.491 e. The Morgan fingerprint density at radius 3 is 1.94 bits per heavy atom. The van der Waals surface area contributed by atoms with Crippen molar-refractivity contribution >= 4 is 0 Å². The zero-order chi connectivity index (χ0) is 24.7. The van der Waals surface area contributed by atoms with Crippen LogP contribution in [0.2, 0.25) is 0 Å². The van der Waals surface area contributed by atoms with Gasteiger partial charge in [-0.3, -0.25) is 0 Å². The number of hydrogen-bond donors (Lipinski definition) is 1. The average Bonchev–Trinajstić information content (AvgIpc) is 3.68. The highest BCUT2D eigenvalue weighted by molar-refractivity contribution is 5.86. The number of fused-ring (bicyclic) bond motifs is 3. The van der Waals surface area contributed by atoms with Gasteiger partial charge < -0.3 is 19.3 Å². The summed E-state index contributed by atoms with van der Waals surface area (Å²) in [6.45, 7) is 5.91. The van der Waals surface area contributed by atoms with Gasteiger partial charge in [-0.05, 0) is 70.5 Å². The highest BCUT2D eigenvalue weighted by Gasteiger charge is 2.46. The van der Waals surface area contributed by atoms with E-state index in [9.17, 15) is 0 Å². The summed E-state index contributed by atoms with van der Waals surface area (Å²) in [5.41, 5.74) is 9.22. The summed E-state index contributed by atoms with van der Waals surface area (Å²) in [5, 5.41) is 9.17. The van der Waals surface area contributed by atoms with E-state index in [1.807, 2.05) is 12.1 Å². The maximum absolute atomic E-state index is 9.17. The second kappa shape index (κ2) is 9.12. The lowest BCUT2D eigenvalue weighted by molar-refractivity contribution is 0.201. The van der Waals surface area contributed by atoms with E-state index in [2.05, 4.69) is 86.6 Å². The topological polar surface area (TPSA) is 51.2 Å². The first-order valence-electron chi connectivity index (χ1n) is 12.5. The predicted octanol–water partition coefficient (Wildman–Crippen LogP) is 5.82. The van der Waals surface area contributed by atoms with Crippen molar-refractivity contribution in [2.75, 3.05) is 26.4 Å². The molecule has 1 unspecified atom stereocenters. The van der Waals surface area contributed by atoms with Gasteiger partial charge in [0.15, 0.2) is 0 Å². The fourth-order valence-electron chi connectivity index (χ4n) is 5.72. The Kier molecular flexibility index (Phi) is 5.79. The summed E-state index contributed by atoms with van der Waals surface area (Å²) in [4.78, 5) is 0. The number of aliphatic hydroxyl groups excluding tert-OH is 1. The molecule has 2 aliphatic rings. The molecule has 36 heavy (non-hydrogen) atoms. The van der Waals surface area contributed by atoms with Crippen LogP contribution in [0.5, 0.6) is 11.5 Å². The molecule has 0 amide bonds. The summed E-state index contributed by atoms with van der Waals surface area (Å²) < 4.78 is 17.2. The molecule has 1 aliphatic heterocycles. The second-order valence-electron chi connectivity index (χ2n) is 9.64. The van der Waals surface area contributed by atoms with Crippen LogP contribution in [0.4, 0.5) is 0 Å². The Bertz CT molecular complexity index is 1330. The number of aliphatic hydroxyl groups is 1. The SMILES string of the molecule is Cc1cc(C2(c3ccc(OCCO)cc3)c3ccccc3-c3ccccc32)cc(C)c1OCC1CO1. The third-order valence-corrected chi connectivity index (χ3v) is 7.31. The van der Waals surface area contributed by atoms with Crippen molar-refractivity contribution in [2.45, 2.75) is 25.4 Å². The third-order valence-electron chi connectivity index (χ3n) is 7.31. The van der Waals surface area contributed by atoms with Crippen LogP contribution in [-0.4, -0.2) is 37.6 Å². The highest BCUT2D eigenvalue weighted by Crippen LogP contribution is 2.56. The number of rotatable bonds is 8. The van der Waals surface area contributed by atoms with Gasteiger partial charge in [-0.2, -0.15) is 0 Å². The van der Waals surface area contributed by atoms with Crippen LogP contribution in [0.3, 0.4) is 0 Å². The van der Waals surface area contributed by atoms with Crippen LogP contribution >= 0.6 is 0 Å². The molecule has 1 saturated heterocycles. The van der Waals surface area contributed by atoms with E-state index in [4.69, 9.17) is 19.3 Å². The van der Waals surface area contributed by atoms with Crippen LogP contribution < -0.4 is 9.47 Å². The number of epoxide rings is 1. The maximum atomic E-state index is 9.17. The molecule has 0 aromatic heterocycles. The van der Waals surface area contributed by atoms with Crippen molar-refractivity contribution in [2.24, 2.45) is 0 Å². The first kappa shape index (κ1) is 22.8. The molecular formula is C32H30O4. The van der Waals surface area contributed by atoms with Crippen molar-refractivity contribution in [3.63, 3.8) is 0 Å². The van der Waals surface area contributed by atoms with Gasteiger partial charge >= 0.3 is 0 Å². The summed E-state index contributed by atoms with van der Waals surface area (Å²) in [6.07, 6.45) is 0.218. The van der Waals surface area contributed by atoms with Gasteiger partial charge in [-0.25, -0.2) is 0 Å². The highest BCUT2D eigenvalue weighted by atomic mass is 16.6. The molecule has 1 N–H and O–H groups in total. The Morgan fingerprint density at radius 2 is 1.39 bits per heavy atom. The van der Waals surface area contributed by atoms with Crippen molar-refractivity contribution < 1.29 is 19.3 Å². The van der Waals surface area contributed by atoms with Crippen molar-refractivity contribution in [3.8, 4) is 22.6 Å². The smallest absolute Gasteiger partial charge is 0.125 e. The molecule has 1 atom stereocenters. The van der Waals surface area contributed by atoms with Crippen LogP contribution in [0.25, 0.3) is 11.1 Å². The minimum atomic E-state index is -0.476. The first-order valence-corrected chi connectivity index (χ1v) is 12.5. The average molecular weight is 479 g/mol. The number of hydrogen-bond acceptors (Lipinski definition) is 4. The zero-order valence-electron chi connectivity index (χ0n) is 20.7. The largest absolute Gasteiger partial charge is 0.491 e. The molecule has 1 fully saturated rings. The Balaban J connectivity index is 1.57. The van der Waals surface area contributed by atoms with Crippen molar-refractivity contribution in [3.05, 3.63) is 118 Å². The molecule has 4 nitrogen and oxygen atoms in total. The first-order chi connectivity index (χ1) is 17.6. The van der Waals surface area contributed by atoms with Crippen LogP contribution in [0.1, 0.15) is 33.4 Å². The van der Waals surface area contributed by atoms with Gasteiger partial charge in [0.25, 0.3) is 0 Å². The lowest BCUT2D eigenvalue weighted by Crippen LogP contribution is -2.29. The summed E-state index contributed by atoms with van der Waals surface area (Å²) in [6, 6.07) is 30.3. The van der Waals surface area contributed by atoms with Gasteiger partial charge in [0.2, 0.25) is 0 Å². The van der Waals surface area contributed by atoms with E-state index in [1.165, 1.54) is 33.4 Å². The molecule has 4 heteroatoms. The minimum absolute atomic E-state index is 0.00765. The number of ether oxygens (including phenoxy) is 3. The van der Waals surface area contributed by atoms with E-state index in [1.54, 1.807) is 0 Å². The Hall–Kier alpha value is -3.60. The fourth-order valence-corrected chi connectivity index (χ4v) is 5.72. The zero-order valence-corrected chi connectivity index (χ0v) is 20.7.